The number of halogens is 3. The van der Waals surface area contributed by atoms with Gasteiger partial charge in [-0.15, -0.1) is 0 Å². The van der Waals surface area contributed by atoms with Gasteiger partial charge < -0.3 is 10.1 Å². The normalized spacial score (nSPS) is 10.4. The van der Waals surface area contributed by atoms with E-state index in [1.807, 2.05) is 0 Å². The van der Waals surface area contributed by atoms with Crippen LogP contribution in [0.3, 0.4) is 0 Å². The summed E-state index contributed by atoms with van der Waals surface area (Å²) in [6, 6.07) is 3.70. The molecule has 0 heterocycles. The zero-order chi connectivity index (χ0) is 13.4. The van der Waals surface area contributed by atoms with Crippen LogP contribution < -0.4 is 5.32 Å². The molecule has 0 aromatic heterocycles. The van der Waals surface area contributed by atoms with Crippen LogP contribution in [0, 0.1) is 5.82 Å². The Labute approximate surface area is 119 Å². The molecule has 0 radical (unpaired) electrons. The van der Waals surface area contributed by atoms with Gasteiger partial charge in [0.25, 0.3) is 5.91 Å². The number of carbonyl (C=O) groups excluding carboxylic acids is 1. The third kappa shape index (κ3) is 5.33. The molecular weight excluding hydrogens is 324 g/mol. The van der Waals surface area contributed by atoms with E-state index in [2.05, 4.69) is 21.2 Å². The van der Waals surface area contributed by atoms with Crippen LogP contribution in [0.15, 0.2) is 18.2 Å². The summed E-state index contributed by atoms with van der Waals surface area (Å²) in [7, 11) is 0. The first-order valence-corrected chi connectivity index (χ1v) is 7.02. The molecule has 6 heteroatoms. The molecule has 1 rings (SSSR count). The van der Waals surface area contributed by atoms with Crippen molar-refractivity contribution >= 4 is 33.4 Å². The highest BCUT2D eigenvalue weighted by molar-refractivity contribution is 9.09. The van der Waals surface area contributed by atoms with Crippen molar-refractivity contribution in [1.82, 2.24) is 5.32 Å². The van der Waals surface area contributed by atoms with E-state index >= 15 is 0 Å². The molecule has 100 valence electrons. The summed E-state index contributed by atoms with van der Waals surface area (Å²) < 4.78 is 18.0. The lowest BCUT2D eigenvalue weighted by Crippen LogP contribution is -2.25. The predicted octanol–water partition coefficient (Wildman–Crippen LogP) is 3.01. The Balaban J connectivity index is 2.32. The van der Waals surface area contributed by atoms with Gasteiger partial charge in [-0.25, -0.2) is 4.39 Å². The highest BCUT2D eigenvalue weighted by Gasteiger charge is 2.10. The summed E-state index contributed by atoms with van der Waals surface area (Å²) in [5.41, 5.74) is 0.277. The SMILES string of the molecule is O=C(NCCCOCCBr)c1ccc(F)cc1Cl. The molecule has 0 spiro atoms. The Hall–Kier alpha value is -0.650. The number of benzene rings is 1. The van der Waals surface area contributed by atoms with Crippen molar-refractivity contribution in [2.45, 2.75) is 6.42 Å². The van der Waals surface area contributed by atoms with Crippen LogP contribution in [0.1, 0.15) is 16.8 Å². The minimum Gasteiger partial charge on any atom is -0.381 e. The Bertz CT molecular complexity index is 404. The number of nitrogens with one attached hydrogen (secondary N) is 1. The molecule has 0 aliphatic heterocycles. The molecule has 1 amide bonds. The Morgan fingerprint density at radius 1 is 1.44 bits per heavy atom. The Morgan fingerprint density at radius 2 is 2.22 bits per heavy atom. The van der Waals surface area contributed by atoms with E-state index in [4.69, 9.17) is 16.3 Å². The van der Waals surface area contributed by atoms with E-state index in [9.17, 15) is 9.18 Å². The quantitative estimate of drug-likeness (QED) is 0.613. The maximum Gasteiger partial charge on any atom is 0.252 e. The maximum atomic E-state index is 12.8. The van der Waals surface area contributed by atoms with Crippen LogP contribution in [-0.2, 0) is 4.74 Å². The van der Waals surface area contributed by atoms with E-state index in [-0.39, 0.29) is 16.5 Å². The van der Waals surface area contributed by atoms with Gasteiger partial charge in [0.05, 0.1) is 17.2 Å². The van der Waals surface area contributed by atoms with Crippen LogP contribution in [0.25, 0.3) is 0 Å². The van der Waals surface area contributed by atoms with Gasteiger partial charge >= 0.3 is 0 Å². The van der Waals surface area contributed by atoms with Gasteiger partial charge in [-0.05, 0) is 24.6 Å². The van der Waals surface area contributed by atoms with Gasteiger partial charge in [0, 0.05) is 18.5 Å². The summed E-state index contributed by atoms with van der Waals surface area (Å²) in [4.78, 5) is 11.7. The maximum absolute atomic E-state index is 12.8. The molecule has 1 aromatic rings. The molecule has 0 unspecified atom stereocenters. The third-order valence-electron chi connectivity index (χ3n) is 2.15. The van der Waals surface area contributed by atoms with E-state index in [1.165, 1.54) is 12.1 Å². The smallest absolute Gasteiger partial charge is 0.252 e. The Kier molecular flexibility index (Phi) is 7.23. The van der Waals surface area contributed by atoms with E-state index < -0.39 is 5.82 Å². The van der Waals surface area contributed by atoms with E-state index in [0.717, 1.165) is 17.8 Å². The lowest BCUT2D eigenvalue weighted by atomic mass is 10.2. The van der Waals surface area contributed by atoms with Gasteiger partial charge in [-0.2, -0.15) is 0 Å². The largest absolute Gasteiger partial charge is 0.381 e. The number of hydrogen-bond donors (Lipinski definition) is 1. The summed E-state index contributed by atoms with van der Waals surface area (Å²) in [6.07, 6.45) is 0.720. The fraction of sp³-hybridized carbons (Fsp3) is 0.417. The lowest BCUT2D eigenvalue weighted by Gasteiger charge is -2.07. The molecule has 0 atom stereocenters. The third-order valence-corrected chi connectivity index (χ3v) is 2.78. The molecule has 0 saturated heterocycles. The van der Waals surface area contributed by atoms with Crippen molar-refractivity contribution in [2.75, 3.05) is 25.1 Å². The van der Waals surface area contributed by atoms with Crippen LogP contribution in [0.5, 0.6) is 0 Å². The van der Waals surface area contributed by atoms with E-state index in [0.29, 0.717) is 19.8 Å². The second-order valence-electron chi connectivity index (χ2n) is 3.53. The molecule has 0 aliphatic carbocycles. The first kappa shape index (κ1) is 15.4. The van der Waals surface area contributed by atoms with Crippen molar-refractivity contribution < 1.29 is 13.9 Å². The van der Waals surface area contributed by atoms with E-state index in [1.54, 1.807) is 0 Å². The predicted molar refractivity (Wildman–Crippen MR) is 73.0 cm³/mol. The van der Waals surface area contributed by atoms with Crippen molar-refractivity contribution in [2.24, 2.45) is 0 Å². The molecular formula is C12H14BrClFNO2. The monoisotopic (exact) mass is 337 g/mol. The summed E-state index contributed by atoms with van der Waals surface area (Å²) in [5.74, 6) is -0.764. The first-order chi connectivity index (χ1) is 8.65. The highest BCUT2D eigenvalue weighted by Crippen LogP contribution is 2.16. The molecule has 0 bridgehead atoms. The molecule has 0 fully saturated rings. The number of ether oxygens (including phenoxy) is 1. The summed E-state index contributed by atoms with van der Waals surface area (Å²) in [6.45, 7) is 1.73. The number of rotatable bonds is 7. The van der Waals surface area contributed by atoms with Crippen molar-refractivity contribution in [1.29, 1.82) is 0 Å². The molecule has 0 saturated carbocycles. The zero-order valence-electron chi connectivity index (χ0n) is 9.72. The van der Waals surface area contributed by atoms with Gasteiger partial charge in [0.2, 0.25) is 0 Å². The van der Waals surface area contributed by atoms with Gasteiger partial charge in [0.1, 0.15) is 5.82 Å². The number of hydrogen-bond acceptors (Lipinski definition) is 2. The topological polar surface area (TPSA) is 38.3 Å². The lowest BCUT2D eigenvalue weighted by molar-refractivity contribution is 0.0945. The van der Waals surface area contributed by atoms with Gasteiger partial charge in [-0.1, -0.05) is 27.5 Å². The minimum absolute atomic E-state index is 0.114. The standard InChI is InChI=1S/C12H14BrClFNO2/c13-4-7-18-6-1-5-16-12(17)10-3-2-9(15)8-11(10)14/h2-3,8H,1,4-7H2,(H,16,17). The van der Waals surface area contributed by atoms with Gasteiger partial charge in [-0.3, -0.25) is 4.79 Å². The first-order valence-electron chi connectivity index (χ1n) is 5.52. The Morgan fingerprint density at radius 3 is 2.89 bits per heavy atom. The van der Waals surface area contributed by atoms with Crippen molar-refractivity contribution in [3.05, 3.63) is 34.6 Å². The fourth-order valence-corrected chi connectivity index (χ4v) is 1.78. The molecule has 18 heavy (non-hydrogen) atoms. The van der Waals surface area contributed by atoms with Crippen LogP contribution in [-0.4, -0.2) is 31.0 Å². The average Bonchev–Trinajstić information content (AvgIpc) is 2.33. The molecule has 1 aromatic carbocycles. The van der Waals surface area contributed by atoms with Gasteiger partial charge in [0.15, 0.2) is 0 Å². The zero-order valence-corrected chi connectivity index (χ0v) is 12.1. The molecule has 0 aliphatic rings. The van der Waals surface area contributed by atoms with Crippen molar-refractivity contribution in [3.8, 4) is 0 Å². The fourth-order valence-electron chi connectivity index (χ4n) is 1.30. The number of alkyl halides is 1. The van der Waals surface area contributed by atoms with Crippen LogP contribution >= 0.6 is 27.5 Å². The van der Waals surface area contributed by atoms with Crippen LogP contribution in [0.2, 0.25) is 5.02 Å². The van der Waals surface area contributed by atoms with Crippen molar-refractivity contribution in [3.63, 3.8) is 0 Å². The summed E-state index contributed by atoms with van der Waals surface area (Å²) >= 11 is 9.02. The molecule has 1 N–H and O–H groups in total. The second kappa shape index (κ2) is 8.45. The highest BCUT2D eigenvalue weighted by atomic mass is 79.9. The molecule has 3 nitrogen and oxygen atoms in total. The number of amides is 1. The summed E-state index contributed by atoms with van der Waals surface area (Å²) in [5, 5.41) is 3.61. The minimum atomic E-state index is -0.459. The van der Waals surface area contributed by atoms with Crippen LogP contribution in [0.4, 0.5) is 4.39 Å². The second-order valence-corrected chi connectivity index (χ2v) is 4.74. The average molecular weight is 339 g/mol. The number of carbonyl (C=O) groups is 1.